The number of hydrogen-bond donors (Lipinski definition) is 1. The molecule has 1 N–H and O–H groups in total. The van der Waals surface area contributed by atoms with E-state index < -0.39 is 5.82 Å². The van der Waals surface area contributed by atoms with Crippen molar-refractivity contribution in [1.29, 1.82) is 0 Å². The summed E-state index contributed by atoms with van der Waals surface area (Å²) >= 11 is 5.76. The van der Waals surface area contributed by atoms with Crippen molar-refractivity contribution in [3.63, 3.8) is 0 Å². The molecule has 4 nitrogen and oxygen atoms in total. The second-order valence-electron chi connectivity index (χ2n) is 4.44. The number of rotatable bonds is 6. The van der Waals surface area contributed by atoms with E-state index in [-0.39, 0.29) is 10.8 Å². The largest absolute Gasteiger partial charge is 0.435 e. The molecular weight excluding hydrogens is 293 g/mol. The van der Waals surface area contributed by atoms with Crippen LogP contribution in [-0.2, 0) is 6.42 Å². The van der Waals surface area contributed by atoms with Crippen molar-refractivity contribution >= 4 is 17.4 Å². The number of aromatic nitrogens is 2. The standard InChI is InChI=1S/C15H17ClFN3O/c1-3-6-10-14(18-4-2)19-9-20-15(10)21-12-8-5-7-11(16)13(12)17/h5,7-9H,3-4,6H2,1-2H3,(H,18,19,20). The lowest BCUT2D eigenvalue weighted by Gasteiger charge is -2.14. The summed E-state index contributed by atoms with van der Waals surface area (Å²) in [5.41, 5.74) is 0.834. The molecule has 2 rings (SSSR count). The number of nitrogens with one attached hydrogen (secondary N) is 1. The quantitative estimate of drug-likeness (QED) is 0.856. The van der Waals surface area contributed by atoms with Gasteiger partial charge in [0.05, 0.1) is 10.6 Å². The van der Waals surface area contributed by atoms with Crippen LogP contribution in [0.3, 0.4) is 0 Å². The van der Waals surface area contributed by atoms with E-state index in [1.807, 2.05) is 13.8 Å². The zero-order chi connectivity index (χ0) is 15.2. The summed E-state index contributed by atoms with van der Waals surface area (Å²) in [7, 11) is 0. The molecule has 2 aromatic rings. The number of hydrogen-bond acceptors (Lipinski definition) is 4. The number of ether oxygens (including phenoxy) is 1. The van der Waals surface area contributed by atoms with Crippen LogP contribution in [0.1, 0.15) is 25.8 Å². The van der Waals surface area contributed by atoms with Gasteiger partial charge >= 0.3 is 0 Å². The molecule has 1 aromatic heterocycles. The normalized spacial score (nSPS) is 10.5. The lowest BCUT2D eigenvalue weighted by Crippen LogP contribution is -2.06. The van der Waals surface area contributed by atoms with Gasteiger partial charge in [0.15, 0.2) is 11.6 Å². The Morgan fingerprint density at radius 2 is 2.10 bits per heavy atom. The van der Waals surface area contributed by atoms with Crippen molar-refractivity contribution in [1.82, 2.24) is 9.97 Å². The third kappa shape index (κ3) is 3.61. The molecule has 0 amide bonds. The third-order valence-electron chi connectivity index (χ3n) is 2.87. The maximum Gasteiger partial charge on any atom is 0.227 e. The molecule has 0 aliphatic heterocycles. The first-order chi connectivity index (χ1) is 10.2. The Kier molecular flexibility index (Phi) is 5.33. The second kappa shape index (κ2) is 7.22. The van der Waals surface area contributed by atoms with E-state index in [9.17, 15) is 4.39 Å². The average Bonchev–Trinajstić information content (AvgIpc) is 2.47. The average molecular weight is 310 g/mol. The number of anilines is 1. The van der Waals surface area contributed by atoms with Crippen molar-refractivity contribution in [2.45, 2.75) is 26.7 Å². The Bertz CT molecular complexity index is 622. The van der Waals surface area contributed by atoms with Gasteiger partial charge in [-0.3, -0.25) is 0 Å². The molecular formula is C15H17ClFN3O. The van der Waals surface area contributed by atoms with Crippen molar-refractivity contribution < 1.29 is 9.13 Å². The minimum absolute atomic E-state index is 0.0190. The van der Waals surface area contributed by atoms with E-state index in [1.165, 1.54) is 18.5 Å². The van der Waals surface area contributed by atoms with Gasteiger partial charge in [0, 0.05) is 6.54 Å². The minimum atomic E-state index is -0.592. The Morgan fingerprint density at radius 1 is 1.29 bits per heavy atom. The molecule has 0 unspecified atom stereocenters. The van der Waals surface area contributed by atoms with Crippen LogP contribution in [-0.4, -0.2) is 16.5 Å². The van der Waals surface area contributed by atoms with Crippen LogP contribution in [0.4, 0.5) is 10.2 Å². The highest BCUT2D eigenvalue weighted by Crippen LogP contribution is 2.31. The van der Waals surface area contributed by atoms with Gasteiger partial charge < -0.3 is 10.1 Å². The molecule has 0 radical (unpaired) electrons. The van der Waals surface area contributed by atoms with Crippen molar-refractivity contribution in [2.75, 3.05) is 11.9 Å². The summed E-state index contributed by atoms with van der Waals surface area (Å²) in [6, 6.07) is 4.62. The highest BCUT2D eigenvalue weighted by atomic mass is 35.5. The predicted octanol–water partition coefficient (Wildman–Crippen LogP) is 4.45. The van der Waals surface area contributed by atoms with Crippen LogP contribution < -0.4 is 10.1 Å². The van der Waals surface area contributed by atoms with Crippen LogP contribution in [0.25, 0.3) is 0 Å². The highest BCUT2D eigenvalue weighted by Gasteiger charge is 2.15. The number of benzene rings is 1. The molecule has 0 aliphatic rings. The van der Waals surface area contributed by atoms with E-state index in [4.69, 9.17) is 16.3 Å². The minimum Gasteiger partial charge on any atom is -0.435 e. The Balaban J connectivity index is 2.38. The predicted molar refractivity (Wildman–Crippen MR) is 81.7 cm³/mol. The van der Waals surface area contributed by atoms with Gasteiger partial charge in [-0.1, -0.05) is 31.0 Å². The zero-order valence-electron chi connectivity index (χ0n) is 12.0. The summed E-state index contributed by atoms with van der Waals surface area (Å²) in [6.07, 6.45) is 3.04. The fraction of sp³-hybridized carbons (Fsp3) is 0.333. The summed E-state index contributed by atoms with van der Waals surface area (Å²) in [4.78, 5) is 8.33. The molecule has 6 heteroatoms. The van der Waals surface area contributed by atoms with Gasteiger partial charge in [0.2, 0.25) is 5.88 Å². The van der Waals surface area contributed by atoms with Gasteiger partial charge in [0.1, 0.15) is 12.1 Å². The molecule has 112 valence electrons. The van der Waals surface area contributed by atoms with Gasteiger partial charge in [-0.25, -0.2) is 14.4 Å². The lowest BCUT2D eigenvalue weighted by atomic mass is 10.1. The van der Waals surface area contributed by atoms with Crippen molar-refractivity contribution in [2.24, 2.45) is 0 Å². The van der Waals surface area contributed by atoms with Crippen LogP contribution in [0, 0.1) is 5.82 Å². The fourth-order valence-corrected chi connectivity index (χ4v) is 2.11. The monoisotopic (exact) mass is 309 g/mol. The molecule has 0 fully saturated rings. The van der Waals surface area contributed by atoms with Gasteiger partial charge in [-0.05, 0) is 25.5 Å². The number of halogens is 2. The van der Waals surface area contributed by atoms with Gasteiger partial charge in [-0.2, -0.15) is 0 Å². The first kappa shape index (κ1) is 15.5. The maximum absolute atomic E-state index is 13.9. The van der Waals surface area contributed by atoms with E-state index in [0.29, 0.717) is 11.7 Å². The van der Waals surface area contributed by atoms with E-state index in [2.05, 4.69) is 15.3 Å². The molecule has 0 saturated heterocycles. The summed E-state index contributed by atoms with van der Waals surface area (Å²) in [5.74, 6) is 0.530. The van der Waals surface area contributed by atoms with Crippen LogP contribution in [0.5, 0.6) is 11.6 Å². The molecule has 0 spiro atoms. The third-order valence-corrected chi connectivity index (χ3v) is 3.16. The van der Waals surface area contributed by atoms with Gasteiger partial charge in [-0.15, -0.1) is 0 Å². The first-order valence-corrected chi connectivity index (χ1v) is 7.24. The lowest BCUT2D eigenvalue weighted by molar-refractivity contribution is 0.421. The zero-order valence-corrected chi connectivity index (χ0v) is 12.7. The highest BCUT2D eigenvalue weighted by molar-refractivity contribution is 6.30. The molecule has 0 atom stereocenters. The summed E-state index contributed by atoms with van der Waals surface area (Å²) in [6.45, 7) is 4.76. The van der Waals surface area contributed by atoms with E-state index >= 15 is 0 Å². The summed E-state index contributed by atoms with van der Waals surface area (Å²) in [5, 5.41) is 3.18. The Hall–Kier alpha value is -1.88. The smallest absolute Gasteiger partial charge is 0.227 e. The Labute approximate surface area is 128 Å². The van der Waals surface area contributed by atoms with E-state index in [0.717, 1.165) is 24.9 Å². The maximum atomic E-state index is 13.9. The Morgan fingerprint density at radius 3 is 2.81 bits per heavy atom. The van der Waals surface area contributed by atoms with Crippen molar-refractivity contribution in [3.8, 4) is 11.6 Å². The van der Waals surface area contributed by atoms with E-state index in [1.54, 1.807) is 6.07 Å². The molecule has 1 aromatic carbocycles. The van der Waals surface area contributed by atoms with Crippen LogP contribution >= 0.6 is 11.6 Å². The molecule has 0 bridgehead atoms. The molecule has 21 heavy (non-hydrogen) atoms. The molecule has 0 saturated carbocycles. The first-order valence-electron chi connectivity index (χ1n) is 6.87. The SMILES string of the molecule is CCCc1c(NCC)ncnc1Oc1cccc(Cl)c1F. The molecule has 1 heterocycles. The number of nitrogens with zero attached hydrogens (tertiary/aromatic N) is 2. The second-order valence-corrected chi connectivity index (χ2v) is 4.85. The van der Waals surface area contributed by atoms with Crippen LogP contribution in [0.2, 0.25) is 5.02 Å². The van der Waals surface area contributed by atoms with Gasteiger partial charge in [0.25, 0.3) is 0 Å². The summed E-state index contributed by atoms with van der Waals surface area (Å²) < 4.78 is 19.5. The molecule has 0 aliphatic carbocycles. The van der Waals surface area contributed by atoms with Crippen molar-refractivity contribution in [3.05, 3.63) is 40.9 Å². The fourth-order valence-electron chi connectivity index (χ4n) is 1.95. The van der Waals surface area contributed by atoms with Crippen LogP contribution in [0.15, 0.2) is 24.5 Å². The topological polar surface area (TPSA) is 47.0 Å².